The van der Waals surface area contributed by atoms with Gasteiger partial charge >= 0.3 is 0 Å². The van der Waals surface area contributed by atoms with E-state index >= 15 is 0 Å². The molecule has 288 valence electrons. The molecule has 2 N–H and O–H groups in total. The first-order valence-electron chi connectivity index (χ1n) is 20.0. The third kappa shape index (κ3) is 7.90. The van der Waals surface area contributed by atoms with E-state index in [1.807, 2.05) is 24.4 Å². The fourth-order valence-electron chi connectivity index (χ4n) is 9.14. The van der Waals surface area contributed by atoms with E-state index in [0.717, 1.165) is 88.9 Å². The van der Waals surface area contributed by atoms with Gasteiger partial charge in [0.05, 0.1) is 11.5 Å². The van der Waals surface area contributed by atoms with Gasteiger partial charge in [0.15, 0.2) is 5.78 Å². The van der Waals surface area contributed by atoms with Crippen molar-refractivity contribution in [3.8, 4) is 0 Å². The van der Waals surface area contributed by atoms with Gasteiger partial charge in [-0.15, -0.1) is 0 Å². The number of pyridine rings is 2. The number of carbonyl (C=O) groups is 3. The molecule has 8 rings (SSSR count). The van der Waals surface area contributed by atoms with Crippen LogP contribution in [0.2, 0.25) is 0 Å². The van der Waals surface area contributed by atoms with Gasteiger partial charge in [-0.3, -0.25) is 34.0 Å². The molecule has 0 spiro atoms. The zero-order valence-electron chi connectivity index (χ0n) is 31.9. The van der Waals surface area contributed by atoms with Crippen LogP contribution in [0.3, 0.4) is 0 Å². The summed E-state index contributed by atoms with van der Waals surface area (Å²) in [6.07, 6.45) is 11.8. The first-order valence-corrected chi connectivity index (χ1v) is 20.0. The topological polar surface area (TPSA) is 146 Å². The van der Waals surface area contributed by atoms with Crippen LogP contribution in [0.4, 0.5) is 17.5 Å². The number of fused-ring (bicyclic) bond motifs is 1. The van der Waals surface area contributed by atoms with Crippen LogP contribution >= 0.6 is 0 Å². The summed E-state index contributed by atoms with van der Waals surface area (Å²) in [6.45, 7) is 10.5. The Kier molecular flexibility index (Phi) is 10.7. The summed E-state index contributed by atoms with van der Waals surface area (Å²) in [5, 5.41) is 6.42. The van der Waals surface area contributed by atoms with Crippen molar-refractivity contribution >= 4 is 46.1 Å². The van der Waals surface area contributed by atoms with Gasteiger partial charge in [-0.1, -0.05) is 31.0 Å². The van der Waals surface area contributed by atoms with Gasteiger partial charge in [-0.2, -0.15) is 4.98 Å². The van der Waals surface area contributed by atoms with E-state index < -0.39 is 0 Å². The highest BCUT2D eigenvalue weighted by molar-refractivity contribution is 6.01. The lowest BCUT2D eigenvalue weighted by molar-refractivity contribution is -0.134. The lowest BCUT2D eigenvalue weighted by Crippen LogP contribution is -2.53. The number of hydrogen-bond donors (Lipinski definition) is 2. The summed E-state index contributed by atoms with van der Waals surface area (Å²) in [4.78, 5) is 71.5. The average molecular weight is 746 g/mol. The Morgan fingerprint density at radius 3 is 2.27 bits per heavy atom. The van der Waals surface area contributed by atoms with Crippen LogP contribution in [0.5, 0.6) is 0 Å². The number of carbonyl (C=O) groups excluding carboxylic acids is 3. The highest BCUT2D eigenvalue weighted by Gasteiger charge is 2.30. The van der Waals surface area contributed by atoms with Crippen LogP contribution in [0.1, 0.15) is 97.3 Å². The van der Waals surface area contributed by atoms with E-state index in [-0.39, 0.29) is 40.7 Å². The van der Waals surface area contributed by atoms with Crippen molar-refractivity contribution in [3.63, 3.8) is 0 Å². The summed E-state index contributed by atoms with van der Waals surface area (Å²) in [5.74, 6) is 0.176. The van der Waals surface area contributed by atoms with E-state index in [1.54, 1.807) is 17.7 Å². The normalized spacial score (nSPS) is 20.6. The Labute approximate surface area is 321 Å². The number of nitrogens with one attached hydrogen (secondary N) is 2. The van der Waals surface area contributed by atoms with Crippen LogP contribution in [0.25, 0.3) is 11.0 Å². The molecule has 1 unspecified atom stereocenters. The van der Waals surface area contributed by atoms with E-state index in [2.05, 4.69) is 53.5 Å². The molecule has 1 aliphatic carbocycles. The van der Waals surface area contributed by atoms with Gasteiger partial charge in [-0.05, 0) is 100 Å². The quantitative estimate of drug-likeness (QED) is 0.169. The van der Waals surface area contributed by atoms with Gasteiger partial charge in [0.2, 0.25) is 17.8 Å². The number of ketones is 1. The Morgan fingerprint density at radius 1 is 0.855 bits per heavy atom. The molecule has 1 atom stereocenters. The third-order valence-corrected chi connectivity index (χ3v) is 12.3. The van der Waals surface area contributed by atoms with Crippen LogP contribution in [-0.4, -0.2) is 98.8 Å². The molecule has 6 heterocycles. The van der Waals surface area contributed by atoms with E-state index in [1.165, 1.54) is 31.0 Å². The molecule has 3 saturated heterocycles. The number of benzene rings is 1. The Balaban J connectivity index is 0.805. The largest absolute Gasteiger partial charge is 0.369 e. The number of piperidine rings is 2. The third-order valence-electron chi connectivity index (χ3n) is 12.3. The maximum absolute atomic E-state index is 13.5. The molecular formula is C42H51N9O4. The molecule has 0 radical (unpaired) electrons. The zero-order chi connectivity index (χ0) is 38.1. The number of likely N-dealkylation sites (tertiary alicyclic amines) is 1. The Bertz CT molecular complexity index is 2110. The van der Waals surface area contributed by atoms with Gasteiger partial charge in [-0.25, -0.2) is 9.97 Å². The van der Waals surface area contributed by atoms with E-state index in [9.17, 15) is 19.2 Å². The summed E-state index contributed by atoms with van der Waals surface area (Å²) >= 11 is 0. The first-order chi connectivity index (χ1) is 26.7. The molecule has 3 aliphatic heterocycles. The van der Waals surface area contributed by atoms with Crippen molar-refractivity contribution < 1.29 is 14.4 Å². The second-order valence-electron chi connectivity index (χ2n) is 15.7. The minimum atomic E-state index is -0.256. The molecule has 1 saturated carbocycles. The number of anilines is 3. The van der Waals surface area contributed by atoms with Gasteiger partial charge < -0.3 is 15.1 Å². The molecular weight excluding hydrogens is 695 g/mol. The molecule has 4 aliphatic rings. The number of piperazine rings is 1. The second kappa shape index (κ2) is 16.0. The van der Waals surface area contributed by atoms with Crippen LogP contribution in [0, 0.1) is 6.92 Å². The molecule has 0 bridgehead atoms. The standard InChI is InChI=1S/C42H51N9O4/c1-27-35-26-44-42(47-39(35)51(33-5-3-4-6-33)41(55)38(27)28(2)52)45-36-13-7-29(25-43-36)15-18-48-19-16-32(17-20-48)50-23-21-49(22-24-50)31-10-8-30(9-11-31)34-12-14-37(53)46-40(34)54/h7-11,13,25-26,32-34H,3-6,12,14-24H2,1-2H3,(H,46,53,54)(H,43,44,45,47). The molecule has 4 fully saturated rings. The average Bonchev–Trinajstić information content (AvgIpc) is 3.73. The Morgan fingerprint density at radius 2 is 1.60 bits per heavy atom. The van der Waals surface area contributed by atoms with Gasteiger partial charge in [0, 0.05) is 74.7 Å². The number of amides is 2. The number of aryl methyl sites for hydroxylation is 1. The molecule has 3 aromatic heterocycles. The van der Waals surface area contributed by atoms with Crippen molar-refractivity contribution in [1.82, 2.24) is 34.6 Å². The predicted octanol–water partition coefficient (Wildman–Crippen LogP) is 4.91. The highest BCUT2D eigenvalue weighted by Crippen LogP contribution is 2.32. The van der Waals surface area contributed by atoms with E-state index in [0.29, 0.717) is 41.9 Å². The van der Waals surface area contributed by atoms with Gasteiger partial charge in [0.25, 0.3) is 5.56 Å². The number of Topliss-reactive ketones (excluding diaryl/α,β-unsaturated/α-hetero) is 1. The van der Waals surface area contributed by atoms with Crippen molar-refractivity contribution in [2.24, 2.45) is 0 Å². The molecule has 13 nitrogen and oxygen atoms in total. The van der Waals surface area contributed by atoms with Crippen molar-refractivity contribution in [1.29, 1.82) is 0 Å². The number of hydrogen-bond acceptors (Lipinski definition) is 11. The number of imide groups is 1. The fourth-order valence-corrected chi connectivity index (χ4v) is 9.14. The number of rotatable bonds is 10. The smallest absolute Gasteiger partial charge is 0.263 e. The SMILES string of the molecule is CC(=O)c1c(C)c2cnc(Nc3ccc(CCN4CCC(N5CCN(c6ccc(C7CCC(=O)NC7=O)cc6)CC5)CC4)cn3)nc2n(C2CCCC2)c1=O. The van der Waals surface area contributed by atoms with Crippen molar-refractivity contribution in [2.45, 2.75) is 89.6 Å². The monoisotopic (exact) mass is 745 g/mol. The van der Waals surface area contributed by atoms with Crippen LogP contribution in [0.15, 0.2) is 53.6 Å². The zero-order valence-corrected chi connectivity index (χ0v) is 31.9. The molecule has 13 heteroatoms. The molecule has 2 amide bonds. The van der Waals surface area contributed by atoms with Gasteiger partial charge in [0.1, 0.15) is 11.5 Å². The van der Waals surface area contributed by atoms with Crippen LogP contribution in [-0.2, 0) is 16.0 Å². The first kappa shape index (κ1) is 36.9. The summed E-state index contributed by atoms with van der Waals surface area (Å²) < 4.78 is 1.73. The fraction of sp³-hybridized carbons (Fsp3) is 0.500. The maximum atomic E-state index is 13.5. The predicted molar refractivity (Wildman–Crippen MR) is 212 cm³/mol. The van der Waals surface area contributed by atoms with Crippen molar-refractivity contribution in [3.05, 3.63) is 81.4 Å². The maximum Gasteiger partial charge on any atom is 0.263 e. The number of nitrogens with zero attached hydrogens (tertiary/aromatic N) is 7. The summed E-state index contributed by atoms with van der Waals surface area (Å²) in [5.41, 5.74) is 4.52. The molecule has 1 aromatic carbocycles. The summed E-state index contributed by atoms with van der Waals surface area (Å²) in [7, 11) is 0. The Hall–Kier alpha value is -5.01. The summed E-state index contributed by atoms with van der Waals surface area (Å²) in [6, 6.07) is 13.0. The molecule has 55 heavy (non-hydrogen) atoms. The lowest BCUT2D eigenvalue weighted by Gasteiger charge is -2.43. The minimum absolute atomic E-state index is 0.0296. The highest BCUT2D eigenvalue weighted by atomic mass is 16.2. The van der Waals surface area contributed by atoms with E-state index in [4.69, 9.17) is 4.98 Å². The van der Waals surface area contributed by atoms with Crippen LogP contribution < -0.4 is 21.1 Å². The lowest BCUT2D eigenvalue weighted by atomic mass is 9.90. The molecule has 4 aromatic rings. The number of aromatic nitrogens is 4. The minimum Gasteiger partial charge on any atom is -0.369 e. The second-order valence-corrected chi connectivity index (χ2v) is 15.7. The van der Waals surface area contributed by atoms with Crippen molar-refractivity contribution in [2.75, 3.05) is 56.0 Å².